The van der Waals surface area contributed by atoms with E-state index in [9.17, 15) is 0 Å². The Kier molecular flexibility index (Phi) is 3.56. The summed E-state index contributed by atoms with van der Waals surface area (Å²) in [6.45, 7) is 6.57. The van der Waals surface area contributed by atoms with Gasteiger partial charge in [-0.15, -0.1) is 0 Å². The van der Waals surface area contributed by atoms with Crippen molar-refractivity contribution in [2.45, 2.75) is 33.1 Å². The maximum Gasteiger partial charge on any atom is 0.178 e. The Balaban J connectivity index is 1.80. The largest absolute Gasteiger partial charge is 0.359 e. The van der Waals surface area contributed by atoms with Crippen molar-refractivity contribution in [1.29, 1.82) is 0 Å². The van der Waals surface area contributed by atoms with E-state index in [1.54, 1.807) is 12.4 Å². The normalized spacial score (nSPS) is 22.1. The Morgan fingerprint density at radius 2 is 1.56 bits per heavy atom. The van der Waals surface area contributed by atoms with E-state index in [-0.39, 0.29) is 6.17 Å². The van der Waals surface area contributed by atoms with Gasteiger partial charge in [0, 0.05) is 50.3 Å². The fraction of sp³-hybridized carbons (Fsp3) is 0.368. The van der Waals surface area contributed by atoms with E-state index in [1.807, 2.05) is 0 Å². The lowest BCUT2D eigenvalue weighted by atomic mass is 10.1. The highest BCUT2D eigenvalue weighted by Gasteiger charge is 2.35. The van der Waals surface area contributed by atoms with Gasteiger partial charge in [-0.3, -0.25) is 0 Å². The van der Waals surface area contributed by atoms with Crippen molar-refractivity contribution in [3.8, 4) is 0 Å². The molecule has 0 saturated carbocycles. The molecule has 0 spiro atoms. The van der Waals surface area contributed by atoms with Gasteiger partial charge in [0.1, 0.15) is 12.3 Å². The van der Waals surface area contributed by atoms with Gasteiger partial charge in [-0.2, -0.15) is 0 Å². The van der Waals surface area contributed by atoms with Crippen LogP contribution in [0.25, 0.3) is 0 Å². The van der Waals surface area contributed by atoms with Gasteiger partial charge in [-0.25, -0.2) is 9.97 Å². The Bertz CT molecular complexity index is 832. The monoisotopic (exact) mass is 336 g/mol. The number of nitrogens with zero attached hydrogens (tertiary/aromatic N) is 6. The topological polar surface area (TPSA) is 38.7 Å². The summed E-state index contributed by atoms with van der Waals surface area (Å²) in [5, 5.41) is 0. The van der Waals surface area contributed by atoms with Crippen molar-refractivity contribution in [2.75, 3.05) is 28.8 Å². The van der Waals surface area contributed by atoms with Gasteiger partial charge >= 0.3 is 0 Å². The molecule has 6 heteroatoms. The SMILES string of the molecule is Cc1c(N2C=CN(C)[C@H]2C)cccc1N1c2nccnc2N(C)[C@@H]1C. The molecule has 2 aromatic rings. The molecule has 4 rings (SSSR count). The molecule has 0 N–H and O–H groups in total. The highest BCUT2D eigenvalue weighted by atomic mass is 15.5. The lowest BCUT2D eigenvalue weighted by molar-refractivity contribution is 0.383. The van der Waals surface area contributed by atoms with Crippen LogP contribution in [0.5, 0.6) is 0 Å². The van der Waals surface area contributed by atoms with Gasteiger partial charge in [0.25, 0.3) is 0 Å². The number of benzene rings is 1. The van der Waals surface area contributed by atoms with Gasteiger partial charge in [0.15, 0.2) is 11.6 Å². The summed E-state index contributed by atoms with van der Waals surface area (Å²) in [6, 6.07) is 6.47. The second-order valence-electron chi connectivity index (χ2n) is 6.74. The van der Waals surface area contributed by atoms with E-state index in [0.717, 1.165) is 11.6 Å². The van der Waals surface area contributed by atoms with Crippen LogP contribution < -0.4 is 14.7 Å². The molecule has 0 radical (unpaired) electrons. The molecule has 6 nitrogen and oxygen atoms in total. The number of hydrogen-bond acceptors (Lipinski definition) is 6. The molecule has 0 bridgehead atoms. The third kappa shape index (κ3) is 2.24. The molecule has 0 saturated heterocycles. The van der Waals surface area contributed by atoms with Gasteiger partial charge in [0.2, 0.25) is 0 Å². The Labute approximate surface area is 149 Å². The third-order valence-electron chi connectivity index (χ3n) is 5.43. The predicted molar refractivity (Wildman–Crippen MR) is 102 cm³/mol. The summed E-state index contributed by atoms with van der Waals surface area (Å²) in [5.41, 5.74) is 3.64. The second-order valence-corrected chi connectivity index (χ2v) is 6.74. The summed E-state index contributed by atoms with van der Waals surface area (Å²) in [4.78, 5) is 18.1. The molecule has 0 aliphatic carbocycles. The van der Waals surface area contributed by atoms with E-state index in [0.29, 0.717) is 6.17 Å². The van der Waals surface area contributed by atoms with Crippen molar-refractivity contribution in [1.82, 2.24) is 14.9 Å². The Morgan fingerprint density at radius 3 is 2.24 bits per heavy atom. The molecular formula is C19H24N6. The van der Waals surface area contributed by atoms with Crippen LogP contribution in [-0.2, 0) is 0 Å². The minimum atomic E-state index is 0.167. The number of hydrogen-bond donors (Lipinski definition) is 0. The zero-order chi connectivity index (χ0) is 17.7. The zero-order valence-electron chi connectivity index (χ0n) is 15.4. The molecular weight excluding hydrogens is 312 g/mol. The van der Waals surface area contributed by atoms with Crippen LogP contribution in [0.15, 0.2) is 43.0 Å². The first-order chi connectivity index (χ1) is 12.0. The quantitative estimate of drug-likeness (QED) is 0.838. The van der Waals surface area contributed by atoms with Crippen molar-refractivity contribution in [3.63, 3.8) is 0 Å². The van der Waals surface area contributed by atoms with E-state index in [4.69, 9.17) is 0 Å². The Morgan fingerprint density at radius 1 is 0.880 bits per heavy atom. The summed E-state index contributed by atoms with van der Waals surface area (Å²) >= 11 is 0. The molecule has 0 fully saturated rings. The fourth-order valence-electron chi connectivity index (χ4n) is 3.64. The lowest BCUT2D eigenvalue weighted by Crippen LogP contribution is -2.37. The van der Waals surface area contributed by atoms with Crippen LogP contribution in [0.3, 0.4) is 0 Å². The molecule has 1 aromatic carbocycles. The number of rotatable bonds is 2. The summed E-state index contributed by atoms with van der Waals surface area (Å²) < 4.78 is 0. The van der Waals surface area contributed by atoms with Crippen molar-refractivity contribution in [2.24, 2.45) is 0 Å². The molecule has 3 heterocycles. The van der Waals surface area contributed by atoms with Gasteiger partial charge in [0.05, 0.1) is 0 Å². The summed E-state index contributed by atoms with van der Waals surface area (Å²) in [7, 11) is 4.17. The minimum Gasteiger partial charge on any atom is -0.359 e. The molecule has 130 valence electrons. The van der Waals surface area contributed by atoms with Crippen LogP contribution >= 0.6 is 0 Å². The molecule has 2 atom stereocenters. The third-order valence-corrected chi connectivity index (χ3v) is 5.43. The van der Waals surface area contributed by atoms with E-state index in [2.05, 4.69) is 95.0 Å². The molecule has 0 unspecified atom stereocenters. The van der Waals surface area contributed by atoms with Crippen molar-refractivity contribution >= 4 is 23.0 Å². The standard InChI is InChI=1S/C19H24N6/c1-13-16(24-12-11-22(4)14(24)2)7-6-8-17(13)25-15(3)23(5)18-19(25)21-10-9-20-18/h6-12,14-15H,1-5H3/t14-,15+/m1/s1. The van der Waals surface area contributed by atoms with Crippen LogP contribution in [0, 0.1) is 6.92 Å². The smallest absolute Gasteiger partial charge is 0.178 e. The van der Waals surface area contributed by atoms with Crippen LogP contribution in [-0.4, -0.2) is 41.3 Å². The minimum absolute atomic E-state index is 0.167. The first kappa shape index (κ1) is 15.7. The highest BCUT2D eigenvalue weighted by molar-refractivity contribution is 5.81. The number of anilines is 4. The van der Waals surface area contributed by atoms with E-state index < -0.39 is 0 Å². The zero-order valence-corrected chi connectivity index (χ0v) is 15.4. The maximum atomic E-state index is 4.60. The summed E-state index contributed by atoms with van der Waals surface area (Å²) in [6.07, 6.45) is 8.24. The maximum absolute atomic E-state index is 4.60. The average molecular weight is 336 g/mol. The first-order valence-electron chi connectivity index (χ1n) is 8.62. The van der Waals surface area contributed by atoms with Crippen molar-refractivity contribution < 1.29 is 0 Å². The van der Waals surface area contributed by atoms with Gasteiger partial charge in [-0.1, -0.05) is 6.07 Å². The molecule has 2 aliphatic rings. The second kappa shape index (κ2) is 5.65. The van der Waals surface area contributed by atoms with E-state index in [1.165, 1.54) is 16.9 Å². The van der Waals surface area contributed by atoms with E-state index >= 15 is 0 Å². The average Bonchev–Trinajstić information content (AvgIpc) is 3.07. The predicted octanol–water partition coefficient (Wildman–Crippen LogP) is 3.29. The fourth-order valence-corrected chi connectivity index (χ4v) is 3.64. The first-order valence-corrected chi connectivity index (χ1v) is 8.62. The number of fused-ring (bicyclic) bond motifs is 1. The molecule has 0 amide bonds. The van der Waals surface area contributed by atoms with Crippen molar-refractivity contribution in [3.05, 3.63) is 48.6 Å². The van der Waals surface area contributed by atoms with Gasteiger partial charge in [-0.05, 0) is 38.5 Å². The summed E-state index contributed by atoms with van der Waals surface area (Å²) in [5.74, 6) is 1.84. The lowest BCUT2D eigenvalue weighted by Gasteiger charge is -2.32. The number of aromatic nitrogens is 2. The molecule has 2 aliphatic heterocycles. The molecule has 1 aromatic heterocycles. The Hall–Kier alpha value is -2.76. The van der Waals surface area contributed by atoms with Crippen LogP contribution in [0.2, 0.25) is 0 Å². The van der Waals surface area contributed by atoms with Crippen LogP contribution in [0.1, 0.15) is 19.4 Å². The van der Waals surface area contributed by atoms with Crippen LogP contribution in [0.4, 0.5) is 23.0 Å². The molecule has 25 heavy (non-hydrogen) atoms. The van der Waals surface area contributed by atoms with Gasteiger partial charge < -0.3 is 19.6 Å². The highest BCUT2D eigenvalue weighted by Crippen LogP contribution is 2.43.